The Bertz CT molecular complexity index is 628. The minimum atomic E-state index is -3.54. The second-order valence-electron chi connectivity index (χ2n) is 5.90. The molecule has 0 radical (unpaired) electrons. The highest BCUT2D eigenvalue weighted by atomic mass is 35.5. The van der Waals surface area contributed by atoms with Gasteiger partial charge in [-0.15, -0.1) is 11.3 Å². The Balaban J connectivity index is 1.97. The first-order chi connectivity index (χ1) is 10.2. The highest BCUT2D eigenvalue weighted by Gasteiger charge is 2.28. The van der Waals surface area contributed by atoms with Crippen LogP contribution in [0.1, 0.15) is 32.3 Å². The third-order valence-corrected chi connectivity index (χ3v) is 7.27. The van der Waals surface area contributed by atoms with Gasteiger partial charge in [-0.1, -0.05) is 25.4 Å². The number of likely N-dealkylation sites (tertiary alicyclic amines) is 1. The number of thiophene rings is 1. The van der Waals surface area contributed by atoms with Crippen LogP contribution in [-0.4, -0.2) is 38.4 Å². The topological polar surface area (TPSA) is 66.5 Å². The van der Waals surface area contributed by atoms with Crippen LogP contribution >= 0.6 is 22.9 Å². The minimum Gasteiger partial charge on any atom is -0.342 e. The lowest BCUT2D eigenvalue weighted by atomic mass is 10.0. The van der Waals surface area contributed by atoms with E-state index >= 15 is 0 Å². The lowest BCUT2D eigenvalue weighted by molar-refractivity contribution is -0.135. The van der Waals surface area contributed by atoms with E-state index in [1.54, 1.807) is 13.0 Å². The molecule has 5 nitrogen and oxygen atoms in total. The molecule has 0 aliphatic carbocycles. The van der Waals surface area contributed by atoms with Crippen molar-refractivity contribution in [3.63, 3.8) is 0 Å². The molecule has 1 amide bonds. The second-order valence-corrected chi connectivity index (χ2v) is 9.49. The van der Waals surface area contributed by atoms with Crippen LogP contribution in [0.4, 0.5) is 0 Å². The van der Waals surface area contributed by atoms with Gasteiger partial charge in [-0.2, -0.15) is 0 Å². The van der Waals surface area contributed by atoms with Gasteiger partial charge < -0.3 is 4.90 Å². The third kappa shape index (κ3) is 4.01. The highest BCUT2D eigenvalue weighted by molar-refractivity contribution is 7.91. The summed E-state index contributed by atoms with van der Waals surface area (Å²) in [6.07, 6.45) is 1.27. The van der Waals surface area contributed by atoms with Crippen molar-refractivity contribution in [3.05, 3.63) is 16.0 Å². The molecule has 1 aliphatic heterocycles. The van der Waals surface area contributed by atoms with Crippen molar-refractivity contribution >= 4 is 38.9 Å². The molecule has 1 aromatic heterocycles. The number of nitrogens with zero attached hydrogens (tertiary/aromatic N) is 1. The van der Waals surface area contributed by atoms with Crippen LogP contribution in [0.5, 0.6) is 0 Å². The number of nitrogens with one attached hydrogen (secondary N) is 1. The van der Waals surface area contributed by atoms with Crippen LogP contribution in [0, 0.1) is 12.8 Å². The molecule has 0 saturated carbocycles. The molecular formula is C14H21ClN2O3S2. The van der Waals surface area contributed by atoms with Crippen molar-refractivity contribution in [2.24, 2.45) is 5.92 Å². The van der Waals surface area contributed by atoms with E-state index in [1.165, 1.54) is 0 Å². The summed E-state index contributed by atoms with van der Waals surface area (Å²) >= 11 is 7.01. The maximum atomic E-state index is 12.3. The summed E-state index contributed by atoms with van der Waals surface area (Å²) in [4.78, 5) is 13.7. The minimum absolute atomic E-state index is 0.0236. The summed E-state index contributed by atoms with van der Waals surface area (Å²) in [7, 11) is -3.54. The Morgan fingerprint density at radius 2 is 2.00 bits per heavy atom. The van der Waals surface area contributed by atoms with Crippen LogP contribution < -0.4 is 4.72 Å². The van der Waals surface area contributed by atoms with E-state index in [0.29, 0.717) is 30.3 Å². The maximum absolute atomic E-state index is 12.3. The molecule has 2 rings (SSSR count). The first kappa shape index (κ1) is 17.7. The molecule has 0 aromatic carbocycles. The SMILES string of the molecule is Cc1cc(S(=O)(=O)NC2CCN(C(=O)C(C)C)CC2)sc1Cl. The summed E-state index contributed by atoms with van der Waals surface area (Å²) < 4.78 is 28.2. The quantitative estimate of drug-likeness (QED) is 0.893. The summed E-state index contributed by atoms with van der Waals surface area (Å²) in [6.45, 7) is 6.72. The molecule has 22 heavy (non-hydrogen) atoms. The van der Waals surface area contributed by atoms with Crippen LogP contribution in [0.25, 0.3) is 0 Å². The predicted molar refractivity (Wildman–Crippen MR) is 88.8 cm³/mol. The molecule has 8 heteroatoms. The number of aryl methyl sites for hydroxylation is 1. The average molecular weight is 365 g/mol. The molecule has 0 atom stereocenters. The average Bonchev–Trinajstić information content (AvgIpc) is 2.79. The zero-order valence-electron chi connectivity index (χ0n) is 12.9. The fourth-order valence-electron chi connectivity index (χ4n) is 2.42. The Morgan fingerprint density at radius 1 is 1.41 bits per heavy atom. The van der Waals surface area contributed by atoms with E-state index in [-0.39, 0.29) is 22.1 Å². The van der Waals surface area contributed by atoms with Gasteiger partial charge in [-0.25, -0.2) is 13.1 Å². The lowest BCUT2D eigenvalue weighted by Gasteiger charge is -2.33. The standard InChI is InChI=1S/C14H21ClN2O3S2/c1-9(2)14(18)17-6-4-11(5-7-17)16-22(19,20)12-8-10(3)13(15)21-12/h8-9,11,16H,4-7H2,1-3H3. The van der Waals surface area contributed by atoms with Crippen molar-refractivity contribution < 1.29 is 13.2 Å². The fraction of sp³-hybridized carbons (Fsp3) is 0.643. The molecule has 2 heterocycles. The van der Waals surface area contributed by atoms with Gasteiger partial charge in [0.25, 0.3) is 0 Å². The van der Waals surface area contributed by atoms with E-state index in [0.717, 1.165) is 16.9 Å². The molecule has 1 aliphatic rings. The first-order valence-electron chi connectivity index (χ1n) is 7.27. The van der Waals surface area contributed by atoms with Gasteiger partial charge in [0.15, 0.2) is 0 Å². The van der Waals surface area contributed by atoms with Crippen LogP contribution in [-0.2, 0) is 14.8 Å². The molecule has 1 N–H and O–H groups in total. The molecule has 1 aromatic rings. The van der Waals surface area contributed by atoms with Crippen molar-refractivity contribution in [2.75, 3.05) is 13.1 Å². The molecule has 1 fully saturated rings. The lowest BCUT2D eigenvalue weighted by Crippen LogP contribution is -2.47. The Hall–Kier alpha value is -0.630. The zero-order valence-corrected chi connectivity index (χ0v) is 15.3. The van der Waals surface area contributed by atoms with Crippen molar-refractivity contribution in [3.8, 4) is 0 Å². The number of halogens is 1. The van der Waals surface area contributed by atoms with Crippen LogP contribution in [0.3, 0.4) is 0 Å². The van der Waals surface area contributed by atoms with E-state index in [2.05, 4.69) is 4.72 Å². The largest absolute Gasteiger partial charge is 0.342 e. The number of amides is 1. The van der Waals surface area contributed by atoms with Crippen molar-refractivity contribution in [1.82, 2.24) is 9.62 Å². The predicted octanol–water partition coefficient (Wildman–Crippen LogP) is 2.64. The van der Waals surface area contributed by atoms with Gasteiger partial charge in [0.2, 0.25) is 15.9 Å². The van der Waals surface area contributed by atoms with Crippen molar-refractivity contribution in [2.45, 2.75) is 43.9 Å². The number of piperidine rings is 1. The molecule has 0 bridgehead atoms. The number of carbonyl (C=O) groups excluding carboxylic acids is 1. The highest BCUT2D eigenvalue weighted by Crippen LogP contribution is 2.30. The maximum Gasteiger partial charge on any atom is 0.250 e. The van der Waals surface area contributed by atoms with E-state index in [4.69, 9.17) is 11.6 Å². The molecule has 1 saturated heterocycles. The summed E-state index contributed by atoms with van der Waals surface area (Å²) in [6, 6.07) is 1.45. The third-order valence-electron chi connectivity index (χ3n) is 3.72. The summed E-state index contributed by atoms with van der Waals surface area (Å²) in [5, 5.41) is 0. The molecule has 0 unspecified atom stereocenters. The van der Waals surface area contributed by atoms with Crippen LogP contribution in [0.2, 0.25) is 4.34 Å². The second kappa shape index (κ2) is 6.86. The Kier molecular flexibility index (Phi) is 5.53. The number of hydrogen-bond donors (Lipinski definition) is 1. The Morgan fingerprint density at radius 3 is 2.45 bits per heavy atom. The van der Waals surface area contributed by atoms with E-state index < -0.39 is 10.0 Å². The summed E-state index contributed by atoms with van der Waals surface area (Å²) in [5.41, 5.74) is 0.768. The number of rotatable bonds is 4. The van der Waals surface area contributed by atoms with Crippen LogP contribution in [0.15, 0.2) is 10.3 Å². The monoisotopic (exact) mass is 364 g/mol. The molecule has 124 valence electrons. The molecule has 0 spiro atoms. The Labute approximate surface area is 140 Å². The smallest absolute Gasteiger partial charge is 0.250 e. The normalized spacial score (nSPS) is 17.2. The van der Waals surface area contributed by atoms with E-state index in [1.807, 2.05) is 18.7 Å². The van der Waals surface area contributed by atoms with Gasteiger partial charge >= 0.3 is 0 Å². The fourth-order valence-corrected chi connectivity index (χ4v) is 5.45. The zero-order chi connectivity index (χ0) is 16.5. The number of carbonyl (C=O) groups is 1. The first-order valence-corrected chi connectivity index (χ1v) is 9.95. The van der Waals surface area contributed by atoms with Gasteiger partial charge in [0.05, 0.1) is 4.34 Å². The number of sulfonamides is 1. The number of hydrogen-bond acceptors (Lipinski definition) is 4. The van der Waals surface area contributed by atoms with E-state index in [9.17, 15) is 13.2 Å². The van der Waals surface area contributed by atoms with Gasteiger partial charge in [0.1, 0.15) is 4.21 Å². The van der Waals surface area contributed by atoms with Gasteiger partial charge in [0, 0.05) is 25.0 Å². The summed E-state index contributed by atoms with van der Waals surface area (Å²) in [5.74, 6) is 0.103. The van der Waals surface area contributed by atoms with Crippen molar-refractivity contribution in [1.29, 1.82) is 0 Å². The van der Waals surface area contributed by atoms with Gasteiger partial charge in [-0.3, -0.25) is 4.79 Å². The molecular weight excluding hydrogens is 344 g/mol. The van der Waals surface area contributed by atoms with Gasteiger partial charge in [-0.05, 0) is 31.4 Å².